The first-order chi connectivity index (χ1) is 14.8. The van der Waals surface area contributed by atoms with Gasteiger partial charge in [0.25, 0.3) is 0 Å². The third-order valence-electron chi connectivity index (χ3n) is 6.11. The normalized spacial score (nSPS) is 20.9. The van der Waals surface area contributed by atoms with Gasteiger partial charge >= 0.3 is 0 Å². The number of aliphatic imine (C=N–C) groups is 1. The first-order valence-corrected chi connectivity index (χ1v) is 11.9. The van der Waals surface area contributed by atoms with E-state index in [2.05, 4.69) is 27.4 Å². The van der Waals surface area contributed by atoms with Crippen LogP contribution in [-0.2, 0) is 11.2 Å². The second-order valence-electron chi connectivity index (χ2n) is 8.46. The third-order valence-corrected chi connectivity index (χ3v) is 6.11. The van der Waals surface area contributed by atoms with Gasteiger partial charge in [-0.2, -0.15) is 0 Å². The minimum Gasteiger partial charge on any atom is -0.469 e. The molecule has 2 aliphatic rings. The fourth-order valence-corrected chi connectivity index (χ4v) is 4.22. The molecule has 1 aromatic rings. The average Bonchev–Trinajstić information content (AvgIpc) is 3.29. The van der Waals surface area contributed by atoms with E-state index in [9.17, 15) is 0 Å². The smallest absolute Gasteiger partial charge is 0.191 e. The van der Waals surface area contributed by atoms with Gasteiger partial charge in [0.05, 0.1) is 19.5 Å². The fourth-order valence-electron chi connectivity index (χ4n) is 4.22. The number of guanidine groups is 1. The minimum atomic E-state index is 0. The molecule has 0 aromatic carbocycles. The molecule has 8 heteroatoms. The molecule has 2 saturated heterocycles. The molecule has 2 aliphatic heterocycles. The number of hydrogen-bond acceptors (Lipinski definition) is 5. The molecule has 3 heterocycles. The predicted molar refractivity (Wildman–Crippen MR) is 138 cm³/mol. The molecule has 3 rings (SSSR count). The Morgan fingerprint density at radius 1 is 1.10 bits per heavy atom. The maximum Gasteiger partial charge on any atom is 0.191 e. The second-order valence-corrected chi connectivity index (χ2v) is 8.46. The van der Waals surface area contributed by atoms with Crippen molar-refractivity contribution in [2.75, 3.05) is 65.6 Å². The highest BCUT2D eigenvalue weighted by molar-refractivity contribution is 14.0. The van der Waals surface area contributed by atoms with E-state index in [0.717, 1.165) is 89.5 Å². The highest BCUT2D eigenvalue weighted by Crippen LogP contribution is 2.16. The molecular weight excluding hydrogens is 505 g/mol. The summed E-state index contributed by atoms with van der Waals surface area (Å²) in [6.07, 6.45) is 8.91. The van der Waals surface area contributed by atoms with Crippen molar-refractivity contribution in [3.05, 3.63) is 24.2 Å². The van der Waals surface area contributed by atoms with Crippen molar-refractivity contribution in [2.24, 2.45) is 4.99 Å². The summed E-state index contributed by atoms with van der Waals surface area (Å²) in [6, 6.07) is 4.70. The number of ether oxygens (including phenoxy) is 1. The van der Waals surface area contributed by atoms with Crippen molar-refractivity contribution >= 4 is 29.9 Å². The Bertz CT molecular complexity index is 593. The molecule has 1 aromatic heterocycles. The van der Waals surface area contributed by atoms with Crippen molar-refractivity contribution in [1.82, 2.24) is 20.4 Å². The van der Waals surface area contributed by atoms with Gasteiger partial charge in [-0.3, -0.25) is 9.89 Å². The van der Waals surface area contributed by atoms with Crippen LogP contribution in [0.5, 0.6) is 0 Å². The quantitative estimate of drug-likeness (QED) is 0.192. The Morgan fingerprint density at radius 3 is 2.71 bits per heavy atom. The summed E-state index contributed by atoms with van der Waals surface area (Å²) in [5.41, 5.74) is 0. The fraction of sp³-hybridized carbons (Fsp3) is 0.783. The number of nitrogens with one attached hydrogen (secondary N) is 2. The van der Waals surface area contributed by atoms with Gasteiger partial charge < -0.3 is 24.7 Å². The molecule has 1 unspecified atom stereocenters. The van der Waals surface area contributed by atoms with E-state index in [1.165, 1.54) is 32.4 Å². The molecule has 0 saturated carbocycles. The Kier molecular flexibility index (Phi) is 13.5. The first kappa shape index (κ1) is 26.4. The van der Waals surface area contributed by atoms with Crippen molar-refractivity contribution < 1.29 is 9.15 Å². The summed E-state index contributed by atoms with van der Waals surface area (Å²) in [5.74, 6) is 1.93. The Labute approximate surface area is 205 Å². The van der Waals surface area contributed by atoms with Gasteiger partial charge in [0, 0.05) is 58.3 Å². The van der Waals surface area contributed by atoms with E-state index in [1.807, 2.05) is 12.1 Å². The van der Waals surface area contributed by atoms with E-state index in [0.29, 0.717) is 0 Å². The maximum absolute atomic E-state index is 5.44. The Balaban J connectivity index is 0.00000341. The lowest BCUT2D eigenvalue weighted by atomic mass is 10.0. The van der Waals surface area contributed by atoms with Crippen LogP contribution in [0.4, 0.5) is 0 Å². The minimum absolute atomic E-state index is 0. The molecular formula is C23H42IN5O2. The zero-order valence-electron chi connectivity index (χ0n) is 19.2. The molecule has 2 fully saturated rings. The standard InChI is InChI=1S/C23H41N5O2.HI/c1-21-7-2-3-14-28(21)15-6-11-25-23(26-12-9-22-8-4-18-30-22)24-10-5-13-27-16-19-29-20-17-27;/h4,8,18,21H,2-3,5-7,9-17,19-20H2,1H3,(H2,24,25,26);1H. The number of halogens is 1. The molecule has 0 spiro atoms. The van der Waals surface area contributed by atoms with Crippen LogP contribution >= 0.6 is 24.0 Å². The summed E-state index contributed by atoms with van der Waals surface area (Å²) >= 11 is 0. The number of piperidine rings is 1. The van der Waals surface area contributed by atoms with Crippen molar-refractivity contribution in [1.29, 1.82) is 0 Å². The number of hydrogen-bond donors (Lipinski definition) is 2. The summed E-state index contributed by atoms with van der Waals surface area (Å²) in [7, 11) is 0. The van der Waals surface area contributed by atoms with Crippen LogP contribution in [0.3, 0.4) is 0 Å². The summed E-state index contributed by atoms with van der Waals surface area (Å²) in [4.78, 5) is 9.92. The molecule has 0 bridgehead atoms. The van der Waals surface area contributed by atoms with E-state index in [-0.39, 0.29) is 24.0 Å². The molecule has 0 aliphatic carbocycles. The van der Waals surface area contributed by atoms with Crippen LogP contribution in [-0.4, -0.2) is 87.4 Å². The molecule has 0 radical (unpaired) electrons. The van der Waals surface area contributed by atoms with Crippen LogP contribution in [0, 0.1) is 0 Å². The topological polar surface area (TPSA) is 65.3 Å². The van der Waals surface area contributed by atoms with E-state index in [4.69, 9.17) is 14.1 Å². The van der Waals surface area contributed by atoms with Crippen LogP contribution < -0.4 is 10.6 Å². The van der Waals surface area contributed by atoms with Gasteiger partial charge in [-0.1, -0.05) is 6.42 Å². The van der Waals surface area contributed by atoms with Crippen LogP contribution in [0.1, 0.15) is 44.8 Å². The molecule has 0 amide bonds. The maximum atomic E-state index is 5.44. The van der Waals surface area contributed by atoms with Crippen molar-refractivity contribution in [2.45, 2.75) is 51.5 Å². The van der Waals surface area contributed by atoms with Crippen LogP contribution in [0.25, 0.3) is 0 Å². The zero-order valence-corrected chi connectivity index (χ0v) is 21.5. The lowest BCUT2D eigenvalue weighted by molar-refractivity contribution is 0.0377. The number of likely N-dealkylation sites (tertiary alicyclic amines) is 1. The molecule has 1 atom stereocenters. The van der Waals surface area contributed by atoms with Gasteiger partial charge in [-0.15, -0.1) is 24.0 Å². The van der Waals surface area contributed by atoms with Gasteiger partial charge in [0.1, 0.15) is 5.76 Å². The average molecular weight is 548 g/mol. The SMILES string of the molecule is CC1CCCCN1CCCNC(=NCCCN1CCOCC1)NCCc1ccco1.I. The van der Waals surface area contributed by atoms with E-state index in [1.54, 1.807) is 6.26 Å². The molecule has 2 N–H and O–H groups in total. The number of morpholine rings is 1. The van der Waals surface area contributed by atoms with E-state index >= 15 is 0 Å². The largest absolute Gasteiger partial charge is 0.469 e. The molecule has 178 valence electrons. The van der Waals surface area contributed by atoms with Gasteiger partial charge in [0.15, 0.2) is 5.96 Å². The van der Waals surface area contributed by atoms with Gasteiger partial charge in [0.2, 0.25) is 0 Å². The van der Waals surface area contributed by atoms with Crippen molar-refractivity contribution in [3.8, 4) is 0 Å². The van der Waals surface area contributed by atoms with E-state index < -0.39 is 0 Å². The summed E-state index contributed by atoms with van der Waals surface area (Å²) < 4.78 is 10.9. The third kappa shape index (κ3) is 10.5. The molecule has 7 nitrogen and oxygen atoms in total. The van der Waals surface area contributed by atoms with Gasteiger partial charge in [-0.25, -0.2) is 0 Å². The van der Waals surface area contributed by atoms with Crippen molar-refractivity contribution in [3.63, 3.8) is 0 Å². The predicted octanol–water partition coefficient (Wildman–Crippen LogP) is 2.96. The molecule has 31 heavy (non-hydrogen) atoms. The number of rotatable bonds is 11. The van der Waals surface area contributed by atoms with Crippen LogP contribution in [0.15, 0.2) is 27.8 Å². The summed E-state index contributed by atoms with van der Waals surface area (Å²) in [6.45, 7) is 12.3. The zero-order chi connectivity index (χ0) is 20.9. The second kappa shape index (κ2) is 15.9. The lowest BCUT2D eigenvalue weighted by Crippen LogP contribution is -2.42. The van der Waals surface area contributed by atoms with Crippen LogP contribution in [0.2, 0.25) is 0 Å². The Hall–Kier alpha value is -0.840. The van der Waals surface area contributed by atoms with Gasteiger partial charge in [-0.05, 0) is 51.3 Å². The number of nitrogens with zero attached hydrogens (tertiary/aromatic N) is 3. The highest BCUT2D eigenvalue weighted by atomic mass is 127. The number of furan rings is 1. The first-order valence-electron chi connectivity index (χ1n) is 11.9. The monoisotopic (exact) mass is 547 g/mol. The highest BCUT2D eigenvalue weighted by Gasteiger charge is 2.17. The Morgan fingerprint density at radius 2 is 1.94 bits per heavy atom. The lowest BCUT2D eigenvalue weighted by Gasteiger charge is -2.33. The summed E-state index contributed by atoms with van der Waals surface area (Å²) in [5, 5.41) is 7.02.